The molecule has 1 unspecified atom stereocenters. The van der Waals surface area contributed by atoms with Crippen molar-refractivity contribution < 1.29 is 8.42 Å². The molecule has 1 aromatic carbocycles. The van der Waals surface area contributed by atoms with Crippen molar-refractivity contribution in [3.05, 3.63) is 47.3 Å². The van der Waals surface area contributed by atoms with Crippen molar-refractivity contribution in [2.24, 2.45) is 0 Å². The van der Waals surface area contributed by atoms with Gasteiger partial charge in [-0.15, -0.1) is 0 Å². The van der Waals surface area contributed by atoms with Crippen molar-refractivity contribution >= 4 is 16.0 Å². The van der Waals surface area contributed by atoms with E-state index in [4.69, 9.17) is 0 Å². The smallest absolute Gasteiger partial charge is 0.243 e. The Morgan fingerprint density at radius 1 is 1.12 bits per heavy atom. The molecule has 0 aliphatic rings. The van der Waals surface area contributed by atoms with Gasteiger partial charge < -0.3 is 5.32 Å². The highest BCUT2D eigenvalue weighted by Crippen LogP contribution is 2.21. The summed E-state index contributed by atoms with van der Waals surface area (Å²) in [5.41, 5.74) is 2.95. The molecule has 0 radical (unpaired) electrons. The Morgan fingerprint density at radius 2 is 1.72 bits per heavy atom. The van der Waals surface area contributed by atoms with Gasteiger partial charge in [-0.1, -0.05) is 26.0 Å². The molecule has 0 saturated heterocycles. The topological polar surface area (TPSA) is 75.2 Å². The van der Waals surface area contributed by atoms with Crippen LogP contribution in [0.3, 0.4) is 0 Å². The fraction of sp³-hybridized carbons (Fsp3) is 0.444. The standard InChI is InChI=1S/C18H26N4O2S/c1-6-22(7-2)25(23,24)17-10-8-16(9-11-17)15(5)21-18-19-12-13(3)14(4)20-18/h8-12,15H,6-7H2,1-5H3,(H,19,20,21). The van der Waals surface area contributed by atoms with Crippen LogP contribution in [0.15, 0.2) is 35.4 Å². The first-order valence-corrected chi connectivity index (χ1v) is 9.90. The molecule has 136 valence electrons. The monoisotopic (exact) mass is 362 g/mol. The number of hydrogen-bond acceptors (Lipinski definition) is 5. The Hall–Kier alpha value is -1.99. The molecule has 0 fully saturated rings. The zero-order valence-corrected chi connectivity index (χ0v) is 16.3. The zero-order chi connectivity index (χ0) is 18.6. The molecular formula is C18H26N4O2S. The number of aromatic nitrogens is 2. The number of anilines is 1. The van der Waals surface area contributed by atoms with Crippen LogP contribution in [0.1, 0.15) is 43.6 Å². The summed E-state index contributed by atoms with van der Waals surface area (Å²) in [5.74, 6) is 0.565. The van der Waals surface area contributed by atoms with E-state index in [0.29, 0.717) is 23.9 Å². The number of aryl methyl sites for hydroxylation is 2. The van der Waals surface area contributed by atoms with E-state index >= 15 is 0 Å². The number of rotatable bonds is 7. The van der Waals surface area contributed by atoms with Crippen molar-refractivity contribution in [1.29, 1.82) is 0 Å². The van der Waals surface area contributed by atoms with Crippen molar-refractivity contribution in [1.82, 2.24) is 14.3 Å². The van der Waals surface area contributed by atoms with Crippen LogP contribution in [0.2, 0.25) is 0 Å². The number of nitrogens with one attached hydrogen (secondary N) is 1. The molecule has 1 atom stereocenters. The van der Waals surface area contributed by atoms with Crippen LogP contribution in [-0.2, 0) is 10.0 Å². The molecule has 2 rings (SSSR count). The van der Waals surface area contributed by atoms with E-state index in [2.05, 4.69) is 15.3 Å². The first kappa shape index (κ1) is 19.3. The van der Waals surface area contributed by atoms with Gasteiger partial charge in [0.1, 0.15) is 0 Å². The molecule has 1 aromatic heterocycles. The van der Waals surface area contributed by atoms with E-state index in [-0.39, 0.29) is 6.04 Å². The average Bonchev–Trinajstić information content (AvgIpc) is 2.59. The molecule has 0 bridgehead atoms. The van der Waals surface area contributed by atoms with Crippen molar-refractivity contribution in [2.75, 3.05) is 18.4 Å². The minimum Gasteiger partial charge on any atom is -0.348 e. The summed E-state index contributed by atoms with van der Waals surface area (Å²) in [7, 11) is -3.42. The highest BCUT2D eigenvalue weighted by molar-refractivity contribution is 7.89. The minimum absolute atomic E-state index is 0.0349. The first-order valence-electron chi connectivity index (χ1n) is 8.46. The molecule has 0 spiro atoms. The second-order valence-electron chi connectivity index (χ2n) is 5.99. The third-order valence-corrected chi connectivity index (χ3v) is 6.36. The summed E-state index contributed by atoms with van der Waals surface area (Å²) in [5, 5.41) is 3.25. The van der Waals surface area contributed by atoms with Crippen LogP contribution in [-0.4, -0.2) is 35.8 Å². The number of benzene rings is 1. The zero-order valence-electron chi connectivity index (χ0n) is 15.4. The van der Waals surface area contributed by atoms with Gasteiger partial charge in [-0.05, 0) is 44.0 Å². The van der Waals surface area contributed by atoms with Crippen LogP contribution < -0.4 is 5.32 Å². The summed E-state index contributed by atoms with van der Waals surface area (Å²) >= 11 is 0. The lowest BCUT2D eigenvalue weighted by molar-refractivity contribution is 0.445. The molecule has 0 aliphatic heterocycles. The summed E-state index contributed by atoms with van der Waals surface area (Å²) in [6.45, 7) is 10.5. The van der Waals surface area contributed by atoms with Gasteiger partial charge in [-0.25, -0.2) is 18.4 Å². The maximum absolute atomic E-state index is 12.5. The molecule has 2 aromatic rings. The Kier molecular flexibility index (Phi) is 6.13. The second kappa shape index (κ2) is 7.93. The summed E-state index contributed by atoms with van der Waals surface area (Å²) < 4.78 is 26.5. The van der Waals surface area contributed by atoms with Gasteiger partial charge in [-0.2, -0.15) is 4.31 Å². The predicted octanol–water partition coefficient (Wildman–Crippen LogP) is 3.30. The van der Waals surface area contributed by atoms with Crippen LogP contribution >= 0.6 is 0 Å². The number of sulfonamides is 1. The molecular weight excluding hydrogens is 336 g/mol. The third-order valence-electron chi connectivity index (χ3n) is 4.29. The molecule has 1 N–H and O–H groups in total. The average molecular weight is 362 g/mol. The van der Waals surface area contributed by atoms with E-state index in [1.54, 1.807) is 18.3 Å². The van der Waals surface area contributed by atoms with Gasteiger partial charge in [0, 0.05) is 25.0 Å². The molecule has 0 aliphatic carbocycles. The second-order valence-corrected chi connectivity index (χ2v) is 7.92. The maximum atomic E-state index is 12.5. The number of nitrogens with zero attached hydrogens (tertiary/aromatic N) is 3. The maximum Gasteiger partial charge on any atom is 0.243 e. The molecule has 1 heterocycles. The van der Waals surface area contributed by atoms with Gasteiger partial charge in [0.2, 0.25) is 16.0 Å². The van der Waals surface area contributed by atoms with Crippen molar-refractivity contribution in [3.8, 4) is 0 Å². The van der Waals surface area contributed by atoms with Gasteiger partial charge in [-0.3, -0.25) is 0 Å². The lowest BCUT2D eigenvalue weighted by atomic mass is 10.1. The Labute approximate surface area is 150 Å². The predicted molar refractivity (Wildman–Crippen MR) is 100 cm³/mol. The highest BCUT2D eigenvalue weighted by atomic mass is 32.2. The fourth-order valence-corrected chi connectivity index (χ4v) is 3.97. The summed E-state index contributed by atoms with van der Waals surface area (Å²) in [6, 6.07) is 6.93. The van der Waals surface area contributed by atoms with E-state index in [9.17, 15) is 8.42 Å². The van der Waals surface area contributed by atoms with Crippen LogP contribution in [0, 0.1) is 13.8 Å². The van der Waals surface area contributed by atoms with Gasteiger partial charge in [0.05, 0.1) is 10.9 Å². The van der Waals surface area contributed by atoms with Crippen LogP contribution in [0.4, 0.5) is 5.95 Å². The Bertz CT molecular complexity index is 815. The molecule has 0 saturated carbocycles. The van der Waals surface area contributed by atoms with E-state index in [1.807, 2.05) is 46.8 Å². The first-order chi connectivity index (χ1) is 11.8. The van der Waals surface area contributed by atoms with Crippen LogP contribution in [0.5, 0.6) is 0 Å². The molecule has 7 heteroatoms. The molecule has 25 heavy (non-hydrogen) atoms. The molecule has 0 amide bonds. The highest BCUT2D eigenvalue weighted by Gasteiger charge is 2.21. The van der Waals surface area contributed by atoms with E-state index < -0.39 is 10.0 Å². The van der Waals surface area contributed by atoms with E-state index in [1.165, 1.54) is 4.31 Å². The van der Waals surface area contributed by atoms with Gasteiger partial charge >= 0.3 is 0 Å². The lowest BCUT2D eigenvalue weighted by Crippen LogP contribution is -2.30. The summed E-state index contributed by atoms with van der Waals surface area (Å²) in [4.78, 5) is 9.01. The van der Waals surface area contributed by atoms with Crippen LogP contribution in [0.25, 0.3) is 0 Å². The van der Waals surface area contributed by atoms with Gasteiger partial charge in [0.25, 0.3) is 0 Å². The number of hydrogen-bond donors (Lipinski definition) is 1. The summed E-state index contributed by atoms with van der Waals surface area (Å²) in [6.07, 6.45) is 1.79. The molecule has 6 nitrogen and oxygen atoms in total. The quantitative estimate of drug-likeness (QED) is 0.818. The largest absolute Gasteiger partial charge is 0.348 e. The normalized spacial score (nSPS) is 13.0. The third kappa shape index (κ3) is 4.35. The SMILES string of the molecule is CCN(CC)S(=O)(=O)c1ccc(C(C)Nc2ncc(C)c(C)n2)cc1. The lowest BCUT2D eigenvalue weighted by Gasteiger charge is -2.19. The van der Waals surface area contributed by atoms with Crippen molar-refractivity contribution in [3.63, 3.8) is 0 Å². The minimum atomic E-state index is -3.42. The Balaban J connectivity index is 2.17. The van der Waals surface area contributed by atoms with E-state index in [0.717, 1.165) is 16.8 Å². The van der Waals surface area contributed by atoms with Crippen molar-refractivity contribution in [2.45, 2.75) is 45.6 Å². The Morgan fingerprint density at radius 3 is 2.24 bits per heavy atom. The van der Waals surface area contributed by atoms with Gasteiger partial charge in [0.15, 0.2) is 0 Å². The fourth-order valence-electron chi connectivity index (χ4n) is 2.51.